The van der Waals surface area contributed by atoms with E-state index in [1.807, 2.05) is 18.2 Å². The average Bonchev–Trinajstić information content (AvgIpc) is 2.89. The van der Waals surface area contributed by atoms with Gasteiger partial charge in [0.1, 0.15) is 15.9 Å². The Morgan fingerprint density at radius 3 is 2.64 bits per heavy atom. The summed E-state index contributed by atoms with van der Waals surface area (Å²) < 4.78 is 6.46. The van der Waals surface area contributed by atoms with Gasteiger partial charge < -0.3 is 4.74 Å². The summed E-state index contributed by atoms with van der Waals surface area (Å²) in [5, 5.41) is 5.40. The minimum atomic E-state index is -0.506. The van der Waals surface area contributed by atoms with Crippen LogP contribution < -0.4 is 0 Å². The molecule has 0 aliphatic rings. The molecular weight excluding hydrogens is 385 g/mol. The number of nitrogens with zero attached hydrogens (tertiary/aromatic N) is 3. The summed E-state index contributed by atoms with van der Waals surface area (Å²) in [4.78, 5) is 16.5. The maximum atomic E-state index is 12.2. The number of aryl methyl sites for hydroxylation is 1. The van der Waals surface area contributed by atoms with E-state index in [2.05, 4.69) is 10.1 Å². The van der Waals surface area contributed by atoms with E-state index in [1.54, 1.807) is 19.9 Å². The molecule has 0 fully saturated rings. The second-order valence-electron chi connectivity index (χ2n) is 5.36. The van der Waals surface area contributed by atoms with Crippen molar-refractivity contribution in [2.24, 2.45) is 0 Å². The maximum absolute atomic E-state index is 12.2. The van der Waals surface area contributed by atoms with Gasteiger partial charge in [-0.1, -0.05) is 53.0 Å². The first-order chi connectivity index (χ1) is 11.9. The standard InChI is InChI=1S/C17H14Cl3N3O2/c1-3-25-17(24)13-9(2)22-23-15(20)11(14(19)21-16(13)23)8-10-6-4-5-7-12(10)18/h4-7H,3,8H2,1-2H3. The van der Waals surface area contributed by atoms with Gasteiger partial charge in [0.25, 0.3) is 0 Å². The highest BCUT2D eigenvalue weighted by atomic mass is 35.5. The first-order valence-corrected chi connectivity index (χ1v) is 8.71. The highest BCUT2D eigenvalue weighted by Gasteiger charge is 2.24. The molecule has 0 aliphatic carbocycles. The van der Waals surface area contributed by atoms with E-state index in [0.717, 1.165) is 5.56 Å². The van der Waals surface area contributed by atoms with Crippen molar-refractivity contribution < 1.29 is 9.53 Å². The largest absolute Gasteiger partial charge is 0.462 e. The van der Waals surface area contributed by atoms with Gasteiger partial charge in [-0.15, -0.1) is 0 Å². The number of rotatable bonds is 4. The summed E-state index contributed by atoms with van der Waals surface area (Å²) >= 11 is 19.1. The number of fused-ring (bicyclic) bond motifs is 1. The van der Waals surface area contributed by atoms with Gasteiger partial charge in [-0.05, 0) is 25.5 Å². The van der Waals surface area contributed by atoms with Crippen LogP contribution in [0.2, 0.25) is 15.3 Å². The zero-order valence-corrected chi connectivity index (χ0v) is 15.8. The first kappa shape index (κ1) is 18.0. The lowest BCUT2D eigenvalue weighted by molar-refractivity contribution is 0.0527. The van der Waals surface area contributed by atoms with Crippen LogP contribution in [0, 0.1) is 6.92 Å². The van der Waals surface area contributed by atoms with Crippen LogP contribution in [0.5, 0.6) is 0 Å². The number of carbonyl (C=O) groups is 1. The third-order valence-electron chi connectivity index (χ3n) is 3.73. The van der Waals surface area contributed by atoms with Crippen molar-refractivity contribution in [3.8, 4) is 0 Å². The summed E-state index contributed by atoms with van der Waals surface area (Å²) in [7, 11) is 0. The molecule has 0 aliphatic heterocycles. The summed E-state index contributed by atoms with van der Waals surface area (Å²) in [5.41, 5.74) is 2.45. The fourth-order valence-corrected chi connectivity index (χ4v) is 3.31. The van der Waals surface area contributed by atoms with Crippen LogP contribution in [0.15, 0.2) is 24.3 Å². The van der Waals surface area contributed by atoms with E-state index in [9.17, 15) is 4.79 Å². The van der Waals surface area contributed by atoms with E-state index in [1.165, 1.54) is 4.52 Å². The molecule has 0 unspecified atom stereocenters. The maximum Gasteiger partial charge on any atom is 0.343 e. The first-order valence-electron chi connectivity index (χ1n) is 7.57. The number of ether oxygens (including phenoxy) is 1. The molecule has 1 aromatic carbocycles. The Kier molecular flexibility index (Phi) is 5.18. The van der Waals surface area contributed by atoms with Crippen molar-refractivity contribution in [1.82, 2.24) is 14.6 Å². The third-order valence-corrected chi connectivity index (χ3v) is 4.80. The molecule has 0 N–H and O–H groups in total. The predicted molar refractivity (Wildman–Crippen MR) is 98.0 cm³/mol. The summed E-state index contributed by atoms with van der Waals surface area (Å²) in [6, 6.07) is 7.41. The smallest absolute Gasteiger partial charge is 0.343 e. The molecule has 5 nitrogen and oxygen atoms in total. The minimum absolute atomic E-state index is 0.197. The Labute approximate surface area is 159 Å². The minimum Gasteiger partial charge on any atom is -0.462 e. The number of esters is 1. The summed E-state index contributed by atoms with van der Waals surface area (Å²) in [6.07, 6.45) is 0.397. The van der Waals surface area contributed by atoms with Crippen molar-refractivity contribution in [1.29, 1.82) is 0 Å². The third kappa shape index (κ3) is 3.32. The highest BCUT2D eigenvalue weighted by Crippen LogP contribution is 2.30. The highest BCUT2D eigenvalue weighted by molar-refractivity contribution is 6.35. The molecule has 0 saturated carbocycles. The topological polar surface area (TPSA) is 56.5 Å². The number of benzene rings is 1. The molecule has 25 heavy (non-hydrogen) atoms. The molecule has 0 atom stereocenters. The predicted octanol–water partition coefficient (Wildman–Crippen LogP) is 4.77. The number of carbonyl (C=O) groups excluding carboxylic acids is 1. The van der Waals surface area contributed by atoms with Crippen molar-refractivity contribution in [3.63, 3.8) is 0 Å². The molecule has 0 saturated heterocycles. The Morgan fingerprint density at radius 2 is 1.96 bits per heavy atom. The average molecular weight is 399 g/mol. The van der Waals surface area contributed by atoms with Crippen molar-refractivity contribution in [2.45, 2.75) is 20.3 Å². The van der Waals surface area contributed by atoms with Gasteiger partial charge in [-0.2, -0.15) is 5.10 Å². The normalized spacial score (nSPS) is 11.1. The molecule has 3 rings (SSSR count). The molecule has 2 aromatic heterocycles. The van der Waals surface area contributed by atoms with Gasteiger partial charge in [0, 0.05) is 17.0 Å². The molecule has 130 valence electrons. The Balaban J connectivity index is 2.14. The molecule has 0 radical (unpaired) electrons. The Morgan fingerprint density at radius 1 is 1.24 bits per heavy atom. The van der Waals surface area contributed by atoms with Crippen molar-refractivity contribution >= 4 is 46.4 Å². The van der Waals surface area contributed by atoms with Gasteiger partial charge in [-0.3, -0.25) is 0 Å². The van der Waals surface area contributed by atoms with Crippen molar-refractivity contribution in [3.05, 3.63) is 62.0 Å². The summed E-state index contributed by atoms with van der Waals surface area (Å²) in [6.45, 7) is 3.68. The van der Waals surface area contributed by atoms with Crippen LogP contribution in [0.4, 0.5) is 0 Å². The quantitative estimate of drug-likeness (QED) is 0.469. The zero-order chi connectivity index (χ0) is 18.1. The zero-order valence-electron chi connectivity index (χ0n) is 13.5. The fraction of sp³-hybridized carbons (Fsp3) is 0.235. The fourth-order valence-electron chi connectivity index (χ4n) is 2.55. The van der Waals surface area contributed by atoms with Gasteiger partial charge in [0.15, 0.2) is 5.65 Å². The molecule has 0 spiro atoms. The Bertz CT molecular complexity index is 969. The van der Waals surface area contributed by atoms with Gasteiger partial charge >= 0.3 is 5.97 Å². The second-order valence-corrected chi connectivity index (χ2v) is 6.48. The molecule has 3 aromatic rings. The lowest BCUT2D eigenvalue weighted by Gasteiger charge is -2.10. The SMILES string of the molecule is CCOC(=O)c1c(C)nn2c(Cl)c(Cc3ccccc3Cl)c(Cl)nc12. The van der Waals surface area contributed by atoms with Gasteiger partial charge in [-0.25, -0.2) is 14.3 Å². The lowest BCUT2D eigenvalue weighted by Crippen LogP contribution is -2.07. The van der Waals surface area contributed by atoms with E-state index in [4.69, 9.17) is 39.5 Å². The van der Waals surface area contributed by atoms with Gasteiger partial charge in [0.05, 0.1) is 12.3 Å². The van der Waals surface area contributed by atoms with Crippen LogP contribution >= 0.6 is 34.8 Å². The van der Waals surface area contributed by atoms with E-state index in [0.29, 0.717) is 22.7 Å². The van der Waals surface area contributed by atoms with Crippen molar-refractivity contribution in [2.75, 3.05) is 6.61 Å². The molecular formula is C17H14Cl3N3O2. The van der Waals surface area contributed by atoms with Crippen LogP contribution in [-0.2, 0) is 11.2 Å². The van der Waals surface area contributed by atoms with Crippen LogP contribution in [0.25, 0.3) is 5.65 Å². The van der Waals surface area contributed by atoms with E-state index in [-0.39, 0.29) is 28.1 Å². The molecule has 8 heteroatoms. The van der Waals surface area contributed by atoms with E-state index < -0.39 is 5.97 Å². The van der Waals surface area contributed by atoms with Gasteiger partial charge in [0.2, 0.25) is 0 Å². The van der Waals surface area contributed by atoms with Crippen LogP contribution in [0.3, 0.4) is 0 Å². The number of hydrogen-bond acceptors (Lipinski definition) is 4. The number of aromatic nitrogens is 3. The number of hydrogen-bond donors (Lipinski definition) is 0. The molecule has 0 amide bonds. The van der Waals surface area contributed by atoms with E-state index >= 15 is 0 Å². The Hall–Kier alpha value is -1.82. The summed E-state index contributed by atoms with van der Waals surface area (Å²) in [5.74, 6) is -0.506. The van der Waals surface area contributed by atoms with Crippen LogP contribution in [-0.4, -0.2) is 27.2 Å². The number of halogens is 3. The second kappa shape index (κ2) is 7.20. The molecule has 2 heterocycles. The molecule has 0 bridgehead atoms. The lowest BCUT2D eigenvalue weighted by atomic mass is 10.1. The van der Waals surface area contributed by atoms with Crippen LogP contribution in [0.1, 0.15) is 34.1 Å². The monoisotopic (exact) mass is 397 g/mol.